The zero-order valence-corrected chi connectivity index (χ0v) is 33.5. The third-order valence-corrected chi connectivity index (χ3v) is 13.1. The second-order valence-corrected chi connectivity index (χ2v) is 17.0. The molecule has 12 rings (SSSR count). The number of aromatic nitrogens is 2. The molecule has 3 heteroatoms. The van der Waals surface area contributed by atoms with Crippen molar-refractivity contribution in [2.75, 3.05) is 0 Å². The van der Waals surface area contributed by atoms with Crippen LogP contribution in [0.4, 0.5) is 0 Å². The molecule has 0 N–H and O–H groups in total. The largest absolute Gasteiger partial charge is 0.457 e. The average molecular weight is 769 g/mol. The number of rotatable bonds is 4. The van der Waals surface area contributed by atoms with E-state index in [4.69, 9.17) is 14.7 Å². The molecule has 60 heavy (non-hydrogen) atoms. The fourth-order valence-corrected chi connectivity index (χ4v) is 10.3. The Balaban J connectivity index is 0.968. The van der Waals surface area contributed by atoms with Gasteiger partial charge in [-0.1, -0.05) is 178 Å². The van der Waals surface area contributed by atoms with E-state index >= 15 is 0 Å². The van der Waals surface area contributed by atoms with Gasteiger partial charge in [-0.25, -0.2) is 9.97 Å². The van der Waals surface area contributed by atoms with Gasteiger partial charge in [-0.3, -0.25) is 0 Å². The number of para-hydroxylation sites is 1. The summed E-state index contributed by atoms with van der Waals surface area (Å²) in [6.45, 7) is 4.71. The molecular weight excluding hydrogens is 729 g/mol. The Labute approximate surface area is 350 Å². The van der Waals surface area contributed by atoms with Gasteiger partial charge in [-0.05, 0) is 97.8 Å². The zero-order valence-electron chi connectivity index (χ0n) is 33.5. The zero-order chi connectivity index (χ0) is 40.0. The van der Waals surface area contributed by atoms with Crippen molar-refractivity contribution in [3.8, 4) is 78.8 Å². The lowest BCUT2D eigenvalue weighted by molar-refractivity contribution is 0.436. The molecule has 1 aliphatic heterocycles. The molecule has 284 valence electrons. The first-order valence-corrected chi connectivity index (χ1v) is 20.9. The first-order chi connectivity index (χ1) is 29.5. The first-order valence-electron chi connectivity index (χ1n) is 20.9. The van der Waals surface area contributed by atoms with E-state index in [0.29, 0.717) is 5.82 Å². The molecule has 0 unspecified atom stereocenters. The van der Waals surface area contributed by atoms with Crippen molar-refractivity contribution in [3.63, 3.8) is 0 Å². The highest BCUT2D eigenvalue weighted by molar-refractivity contribution is 5.89. The van der Waals surface area contributed by atoms with Crippen molar-refractivity contribution >= 4 is 0 Å². The molecule has 3 nitrogen and oxygen atoms in total. The number of fused-ring (bicyclic) bond motifs is 12. The fraction of sp³-hybridized carbons (Fsp3) is 0.0877. The Hall–Kier alpha value is -7.36. The second kappa shape index (κ2) is 13.1. The van der Waals surface area contributed by atoms with Crippen molar-refractivity contribution in [1.29, 1.82) is 0 Å². The maximum absolute atomic E-state index is 6.70. The highest BCUT2D eigenvalue weighted by Gasteiger charge is 2.51. The van der Waals surface area contributed by atoms with Gasteiger partial charge in [0.15, 0.2) is 5.82 Å². The summed E-state index contributed by atoms with van der Waals surface area (Å²) < 4.78 is 6.70. The Morgan fingerprint density at radius 2 is 0.917 bits per heavy atom. The first kappa shape index (κ1) is 34.7. The van der Waals surface area contributed by atoms with Crippen molar-refractivity contribution in [2.24, 2.45) is 0 Å². The van der Waals surface area contributed by atoms with Gasteiger partial charge in [0, 0.05) is 27.8 Å². The summed E-state index contributed by atoms with van der Waals surface area (Å²) in [5.41, 5.74) is 19.5. The summed E-state index contributed by atoms with van der Waals surface area (Å²) in [5, 5.41) is 0. The minimum absolute atomic E-state index is 0.00990. The molecule has 1 aromatic heterocycles. The standard InChI is InChI=1S/C57H40N2O/c1-56(2)35-41-16-6-7-17-42(41)45-30-28-40(33-49(45)56)52-34-51(37-14-4-3-5-15-37)58-55(59-52)38-26-24-36(25-27-38)39-29-31-54-50(32-39)57(48-22-12-13-23-53(48)60-54)46-20-10-8-18-43(46)44-19-9-11-21-47(44)57/h3-34H,35H2,1-2H3. The highest BCUT2D eigenvalue weighted by atomic mass is 16.5. The molecule has 0 saturated carbocycles. The Bertz CT molecular complexity index is 3130. The predicted octanol–water partition coefficient (Wildman–Crippen LogP) is 14.1. The van der Waals surface area contributed by atoms with Crippen LogP contribution in [-0.2, 0) is 17.3 Å². The summed E-state index contributed by atoms with van der Waals surface area (Å²) >= 11 is 0. The lowest BCUT2D eigenvalue weighted by Gasteiger charge is -2.39. The third-order valence-electron chi connectivity index (χ3n) is 13.1. The van der Waals surface area contributed by atoms with Gasteiger partial charge in [-0.2, -0.15) is 0 Å². The lowest BCUT2D eigenvalue weighted by atomic mass is 9.66. The molecule has 0 fully saturated rings. The molecule has 2 aliphatic carbocycles. The van der Waals surface area contributed by atoms with Crippen LogP contribution < -0.4 is 4.74 Å². The monoisotopic (exact) mass is 768 g/mol. The Morgan fingerprint density at radius 3 is 1.67 bits per heavy atom. The lowest BCUT2D eigenvalue weighted by Crippen LogP contribution is -2.32. The van der Waals surface area contributed by atoms with Crippen LogP contribution in [0.2, 0.25) is 0 Å². The van der Waals surface area contributed by atoms with Crippen LogP contribution in [0.3, 0.4) is 0 Å². The minimum Gasteiger partial charge on any atom is -0.457 e. The molecule has 0 radical (unpaired) electrons. The van der Waals surface area contributed by atoms with E-state index in [1.807, 2.05) is 6.07 Å². The average Bonchev–Trinajstić information content (AvgIpc) is 3.59. The second-order valence-electron chi connectivity index (χ2n) is 17.0. The number of hydrogen-bond donors (Lipinski definition) is 0. The van der Waals surface area contributed by atoms with Gasteiger partial charge in [0.05, 0.1) is 16.8 Å². The van der Waals surface area contributed by atoms with E-state index in [9.17, 15) is 0 Å². The number of hydrogen-bond acceptors (Lipinski definition) is 3. The number of ether oxygens (including phenoxy) is 1. The number of nitrogens with zero attached hydrogens (tertiary/aromatic N) is 2. The van der Waals surface area contributed by atoms with Crippen molar-refractivity contribution in [3.05, 3.63) is 228 Å². The molecule has 3 aliphatic rings. The van der Waals surface area contributed by atoms with Gasteiger partial charge in [0.1, 0.15) is 11.5 Å². The summed E-state index contributed by atoms with van der Waals surface area (Å²) in [7, 11) is 0. The topological polar surface area (TPSA) is 35.0 Å². The van der Waals surface area contributed by atoms with Crippen molar-refractivity contribution in [2.45, 2.75) is 31.1 Å². The van der Waals surface area contributed by atoms with Crippen LogP contribution in [0.15, 0.2) is 194 Å². The summed E-state index contributed by atoms with van der Waals surface area (Å²) in [6.07, 6.45) is 1.00. The molecule has 0 atom stereocenters. The third kappa shape index (κ3) is 5.15. The Kier molecular flexibility index (Phi) is 7.55. The van der Waals surface area contributed by atoms with E-state index < -0.39 is 5.41 Å². The van der Waals surface area contributed by atoms with E-state index in [1.54, 1.807) is 0 Å². The van der Waals surface area contributed by atoms with Crippen LogP contribution in [-0.4, -0.2) is 9.97 Å². The van der Waals surface area contributed by atoms with Gasteiger partial charge in [0.25, 0.3) is 0 Å². The van der Waals surface area contributed by atoms with E-state index in [1.165, 1.54) is 50.1 Å². The minimum atomic E-state index is -0.509. The van der Waals surface area contributed by atoms with Gasteiger partial charge in [-0.15, -0.1) is 0 Å². The molecule has 0 bridgehead atoms. The van der Waals surface area contributed by atoms with E-state index in [0.717, 1.165) is 62.7 Å². The van der Waals surface area contributed by atoms with Crippen LogP contribution in [0.1, 0.15) is 47.2 Å². The summed E-state index contributed by atoms with van der Waals surface area (Å²) in [6, 6.07) is 70.0. The maximum Gasteiger partial charge on any atom is 0.160 e. The summed E-state index contributed by atoms with van der Waals surface area (Å²) in [5.74, 6) is 2.48. The predicted molar refractivity (Wildman–Crippen MR) is 243 cm³/mol. The van der Waals surface area contributed by atoms with E-state index in [-0.39, 0.29) is 5.41 Å². The van der Waals surface area contributed by atoms with Crippen LogP contribution in [0.25, 0.3) is 67.3 Å². The quantitative estimate of drug-likeness (QED) is 0.179. The van der Waals surface area contributed by atoms with Crippen LogP contribution in [0.5, 0.6) is 11.5 Å². The van der Waals surface area contributed by atoms with Crippen molar-refractivity contribution in [1.82, 2.24) is 9.97 Å². The normalized spacial score (nSPS) is 14.5. The molecule has 9 aromatic rings. The van der Waals surface area contributed by atoms with Gasteiger partial charge in [0.2, 0.25) is 0 Å². The fourth-order valence-electron chi connectivity index (χ4n) is 10.3. The Morgan fingerprint density at radius 1 is 0.383 bits per heavy atom. The van der Waals surface area contributed by atoms with Crippen LogP contribution in [0, 0.1) is 0 Å². The molecule has 0 saturated heterocycles. The van der Waals surface area contributed by atoms with Gasteiger partial charge < -0.3 is 4.74 Å². The SMILES string of the molecule is CC1(C)Cc2ccccc2-c2ccc(-c3cc(-c4ccccc4)nc(-c4ccc(-c5ccc6c(c5)C5(c7ccccc7O6)c6ccccc6-c6ccccc65)cc4)n3)cc21. The molecule has 0 amide bonds. The van der Waals surface area contributed by atoms with Crippen LogP contribution >= 0.6 is 0 Å². The molecular formula is C57H40N2O. The molecule has 2 heterocycles. The molecule has 8 aromatic carbocycles. The van der Waals surface area contributed by atoms with Gasteiger partial charge >= 0.3 is 0 Å². The highest BCUT2D eigenvalue weighted by Crippen LogP contribution is 2.62. The van der Waals surface area contributed by atoms with E-state index in [2.05, 4.69) is 202 Å². The molecule has 1 spiro atoms. The maximum atomic E-state index is 6.70. The smallest absolute Gasteiger partial charge is 0.160 e. The number of benzene rings is 8. The van der Waals surface area contributed by atoms with Crippen molar-refractivity contribution < 1.29 is 4.74 Å². The summed E-state index contributed by atoms with van der Waals surface area (Å²) in [4.78, 5) is 10.5.